The van der Waals surface area contributed by atoms with Gasteiger partial charge in [-0.2, -0.15) is 0 Å². The van der Waals surface area contributed by atoms with Crippen LogP contribution in [0.4, 0.5) is 5.69 Å². The molecule has 2 N–H and O–H groups in total. The van der Waals surface area contributed by atoms with Gasteiger partial charge in [0, 0.05) is 16.8 Å². The zero-order valence-electron chi connectivity index (χ0n) is 12.6. The van der Waals surface area contributed by atoms with E-state index >= 15 is 0 Å². The van der Waals surface area contributed by atoms with Crippen LogP contribution in [0.25, 0.3) is 0 Å². The Bertz CT molecular complexity index is 507. The maximum atomic E-state index is 12.2. The van der Waals surface area contributed by atoms with Crippen LogP contribution >= 0.6 is 11.6 Å². The molecule has 0 saturated carbocycles. The van der Waals surface area contributed by atoms with Crippen molar-refractivity contribution in [1.29, 1.82) is 0 Å². The molecular weight excluding hydrogens is 288 g/mol. The van der Waals surface area contributed by atoms with E-state index in [1.54, 1.807) is 12.1 Å². The second-order valence-corrected chi connectivity index (χ2v) is 6.28. The fourth-order valence-corrected chi connectivity index (χ4v) is 3.10. The number of aliphatic hydroxyl groups is 1. The number of carbonyl (C=O) groups excluding carboxylic acids is 1. The predicted molar refractivity (Wildman–Crippen MR) is 85.7 cm³/mol. The summed E-state index contributed by atoms with van der Waals surface area (Å²) in [6.45, 7) is 5.33. The van der Waals surface area contributed by atoms with E-state index in [-0.39, 0.29) is 18.6 Å². The number of hydrogen-bond donors (Lipinski definition) is 2. The molecule has 1 fully saturated rings. The molecule has 0 aromatic heterocycles. The van der Waals surface area contributed by atoms with Crippen LogP contribution in [0.15, 0.2) is 18.2 Å². The summed E-state index contributed by atoms with van der Waals surface area (Å²) in [6.07, 6.45) is 2.18. The lowest BCUT2D eigenvalue weighted by atomic mass is 9.91. The number of benzene rings is 1. The minimum absolute atomic E-state index is 0.0621. The number of amides is 1. The Morgan fingerprint density at radius 1 is 1.52 bits per heavy atom. The Labute approximate surface area is 131 Å². The van der Waals surface area contributed by atoms with Gasteiger partial charge < -0.3 is 10.4 Å². The Morgan fingerprint density at radius 2 is 2.29 bits per heavy atom. The lowest BCUT2D eigenvalue weighted by Crippen LogP contribution is -2.49. The molecule has 116 valence electrons. The van der Waals surface area contributed by atoms with Crippen LogP contribution in [0, 0.1) is 12.8 Å². The van der Waals surface area contributed by atoms with E-state index in [0.29, 0.717) is 17.5 Å². The molecule has 0 aliphatic carbocycles. The first-order valence-electron chi connectivity index (χ1n) is 7.42. The van der Waals surface area contributed by atoms with Crippen LogP contribution in [0.1, 0.15) is 25.3 Å². The zero-order valence-corrected chi connectivity index (χ0v) is 13.4. The van der Waals surface area contributed by atoms with Gasteiger partial charge in [-0.25, -0.2) is 0 Å². The van der Waals surface area contributed by atoms with Gasteiger partial charge in [0.15, 0.2) is 0 Å². The number of rotatable bonds is 4. The molecular formula is C16H23ClN2O2. The third kappa shape index (κ3) is 4.19. The highest BCUT2D eigenvalue weighted by atomic mass is 35.5. The van der Waals surface area contributed by atoms with Gasteiger partial charge in [0.2, 0.25) is 5.91 Å². The molecule has 0 spiro atoms. The molecule has 2 atom stereocenters. The number of aliphatic hydroxyl groups excluding tert-OH is 1. The van der Waals surface area contributed by atoms with Crippen LogP contribution in [0.3, 0.4) is 0 Å². The molecule has 4 nitrogen and oxygen atoms in total. The molecule has 2 rings (SSSR count). The molecule has 1 amide bonds. The van der Waals surface area contributed by atoms with Gasteiger partial charge in [-0.3, -0.25) is 9.69 Å². The van der Waals surface area contributed by atoms with Crippen molar-refractivity contribution in [3.63, 3.8) is 0 Å². The van der Waals surface area contributed by atoms with Crippen molar-refractivity contribution in [3.05, 3.63) is 28.8 Å². The lowest BCUT2D eigenvalue weighted by molar-refractivity contribution is -0.118. The minimum atomic E-state index is -0.0621. The Kier molecular flexibility index (Phi) is 5.62. The summed E-state index contributed by atoms with van der Waals surface area (Å²) in [7, 11) is 0. The van der Waals surface area contributed by atoms with E-state index < -0.39 is 0 Å². The average Bonchev–Trinajstić information content (AvgIpc) is 2.43. The number of likely N-dealkylation sites (tertiary alicyclic amines) is 1. The van der Waals surface area contributed by atoms with Gasteiger partial charge in [0.25, 0.3) is 0 Å². The Hall–Kier alpha value is -1.10. The summed E-state index contributed by atoms with van der Waals surface area (Å²) in [6, 6.07) is 5.53. The highest BCUT2D eigenvalue weighted by molar-refractivity contribution is 6.31. The van der Waals surface area contributed by atoms with Crippen molar-refractivity contribution in [1.82, 2.24) is 4.90 Å². The minimum Gasteiger partial charge on any atom is -0.395 e. The second kappa shape index (κ2) is 7.25. The summed E-state index contributed by atoms with van der Waals surface area (Å²) in [5, 5.41) is 13.0. The molecule has 1 heterocycles. The van der Waals surface area contributed by atoms with Gasteiger partial charge in [0.05, 0.1) is 13.2 Å². The van der Waals surface area contributed by atoms with Gasteiger partial charge >= 0.3 is 0 Å². The van der Waals surface area contributed by atoms with E-state index in [2.05, 4.69) is 17.1 Å². The fraction of sp³-hybridized carbons (Fsp3) is 0.562. The van der Waals surface area contributed by atoms with Crippen molar-refractivity contribution in [2.45, 2.75) is 32.7 Å². The third-order valence-corrected chi connectivity index (χ3v) is 4.47. The van der Waals surface area contributed by atoms with Gasteiger partial charge in [-0.05, 0) is 49.9 Å². The number of anilines is 1. The van der Waals surface area contributed by atoms with Crippen molar-refractivity contribution in [2.24, 2.45) is 5.92 Å². The smallest absolute Gasteiger partial charge is 0.238 e. The number of halogens is 1. The normalized spacial score (nSPS) is 23.0. The molecule has 21 heavy (non-hydrogen) atoms. The lowest BCUT2D eigenvalue weighted by Gasteiger charge is -2.38. The number of carbonyl (C=O) groups is 1. The maximum Gasteiger partial charge on any atom is 0.238 e. The largest absolute Gasteiger partial charge is 0.395 e. The van der Waals surface area contributed by atoms with Crippen LogP contribution in [0.5, 0.6) is 0 Å². The molecule has 1 aliphatic heterocycles. The highest BCUT2D eigenvalue weighted by Crippen LogP contribution is 2.23. The SMILES string of the molecule is Cc1ccc(Cl)cc1NC(=O)CN1CCCC(C)C1CO. The first kappa shape index (κ1) is 16.3. The molecule has 1 aliphatic rings. The number of piperidine rings is 1. The van der Waals surface area contributed by atoms with Crippen LogP contribution < -0.4 is 5.32 Å². The number of nitrogens with one attached hydrogen (secondary N) is 1. The van der Waals surface area contributed by atoms with Crippen molar-refractivity contribution in [2.75, 3.05) is 25.0 Å². The Morgan fingerprint density at radius 3 is 3.00 bits per heavy atom. The van der Waals surface area contributed by atoms with Crippen LogP contribution in [-0.2, 0) is 4.79 Å². The first-order chi connectivity index (χ1) is 10.0. The van der Waals surface area contributed by atoms with Gasteiger partial charge in [-0.1, -0.05) is 24.6 Å². The standard InChI is InChI=1S/C16H23ClN2O2/c1-11-5-6-13(17)8-14(11)18-16(21)9-19-7-3-4-12(2)15(19)10-20/h5-6,8,12,15,20H,3-4,7,9-10H2,1-2H3,(H,18,21). The summed E-state index contributed by atoms with van der Waals surface area (Å²) < 4.78 is 0. The number of hydrogen-bond acceptors (Lipinski definition) is 3. The van der Waals surface area contributed by atoms with Crippen molar-refractivity contribution < 1.29 is 9.90 Å². The average molecular weight is 311 g/mol. The molecule has 0 bridgehead atoms. The van der Waals surface area contributed by atoms with E-state index in [4.69, 9.17) is 11.6 Å². The molecule has 2 unspecified atom stereocenters. The summed E-state index contributed by atoms with van der Waals surface area (Å²) >= 11 is 5.96. The third-order valence-electron chi connectivity index (χ3n) is 4.24. The fourth-order valence-electron chi connectivity index (χ4n) is 2.93. The van der Waals surface area contributed by atoms with Crippen molar-refractivity contribution in [3.8, 4) is 0 Å². The van der Waals surface area contributed by atoms with Crippen molar-refractivity contribution >= 4 is 23.2 Å². The molecule has 0 radical (unpaired) electrons. The molecule has 5 heteroatoms. The van der Waals surface area contributed by atoms with E-state index in [1.165, 1.54) is 0 Å². The first-order valence-corrected chi connectivity index (χ1v) is 7.80. The summed E-state index contributed by atoms with van der Waals surface area (Å²) in [5.74, 6) is 0.359. The van der Waals surface area contributed by atoms with Gasteiger partial charge in [-0.15, -0.1) is 0 Å². The zero-order chi connectivity index (χ0) is 15.4. The Balaban J connectivity index is 1.99. The van der Waals surface area contributed by atoms with Crippen LogP contribution in [-0.4, -0.2) is 41.7 Å². The van der Waals surface area contributed by atoms with Crippen LogP contribution in [0.2, 0.25) is 5.02 Å². The maximum absolute atomic E-state index is 12.2. The number of nitrogens with zero attached hydrogens (tertiary/aromatic N) is 1. The summed E-state index contributed by atoms with van der Waals surface area (Å²) in [4.78, 5) is 14.3. The van der Waals surface area contributed by atoms with Gasteiger partial charge in [0.1, 0.15) is 0 Å². The summed E-state index contributed by atoms with van der Waals surface area (Å²) in [5.41, 5.74) is 1.73. The van der Waals surface area contributed by atoms with E-state index in [1.807, 2.05) is 13.0 Å². The molecule has 1 saturated heterocycles. The predicted octanol–water partition coefficient (Wildman–Crippen LogP) is 2.68. The van der Waals surface area contributed by atoms with E-state index in [9.17, 15) is 9.90 Å². The van der Waals surface area contributed by atoms with E-state index in [0.717, 1.165) is 30.6 Å². The quantitative estimate of drug-likeness (QED) is 0.899. The monoisotopic (exact) mass is 310 g/mol. The molecule has 1 aromatic carbocycles. The topological polar surface area (TPSA) is 52.6 Å². The second-order valence-electron chi connectivity index (χ2n) is 5.85. The molecule has 1 aromatic rings. The highest BCUT2D eigenvalue weighted by Gasteiger charge is 2.29. The number of aryl methyl sites for hydroxylation is 1.